The maximum Gasteiger partial charge on any atom is 0.161 e. The van der Waals surface area contributed by atoms with Crippen LogP contribution in [0.3, 0.4) is 0 Å². The molecule has 0 radical (unpaired) electrons. The summed E-state index contributed by atoms with van der Waals surface area (Å²) in [6.45, 7) is 4.42. The number of hydrogen-bond acceptors (Lipinski definition) is 5. The molecular weight excluding hydrogens is 260 g/mol. The highest BCUT2D eigenvalue weighted by molar-refractivity contribution is 7.11. The maximum atomic E-state index is 5.85. The van der Waals surface area contributed by atoms with Crippen LogP contribution in [-0.2, 0) is 6.61 Å². The lowest BCUT2D eigenvalue weighted by Crippen LogP contribution is -2.05. The molecule has 0 amide bonds. The molecule has 19 heavy (non-hydrogen) atoms. The molecule has 2 aromatic rings. The van der Waals surface area contributed by atoms with Gasteiger partial charge in [-0.1, -0.05) is 6.07 Å². The molecule has 0 saturated carbocycles. The molecule has 1 heterocycles. The van der Waals surface area contributed by atoms with Crippen molar-refractivity contribution in [3.63, 3.8) is 0 Å². The van der Waals surface area contributed by atoms with Gasteiger partial charge in [0.05, 0.1) is 17.0 Å². The molecule has 0 saturated heterocycles. The average Bonchev–Trinajstić information content (AvgIpc) is 2.81. The molecule has 0 unspecified atom stereocenters. The monoisotopic (exact) mass is 278 g/mol. The number of ether oxygens (including phenoxy) is 2. The molecule has 0 aliphatic carbocycles. The van der Waals surface area contributed by atoms with Crippen LogP contribution in [0, 0.1) is 6.92 Å². The Labute approximate surface area is 117 Å². The fraction of sp³-hybridized carbons (Fsp3) is 0.357. The first-order valence-electron chi connectivity index (χ1n) is 6.07. The van der Waals surface area contributed by atoms with E-state index in [0.717, 1.165) is 21.2 Å². The highest BCUT2D eigenvalue weighted by atomic mass is 32.1. The van der Waals surface area contributed by atoms with Gasteiger partial charge in [-0.2, -0.15) is 0 Å². The standard InChI is InChI=1S/C14H18N2O2S/c1-9(15)11-4-5-13(14(6-11)17-3)18-8-12-7-16-10(2)19-12/h4-7,9H,8,15H2,1-3H3/t9-/m0/s1. The van der Waals surface area contributed by atoms with E-state index in [1.54, 1.807) is 18.4 Å². The number of methoxy groups -OCH3 is 1. The topological polar surface area (TPSA) is 57.4 Å². The summed E-state index contributed by atoms with van der Waals surface area (Å²) in [7, 11) is 1.63. The molecule has 1 aromatic carbocycles. The van der Waals surface area contributed by atoms with Crippen LogP contribution >= 0.6 is 11.3 Å². The highest BCUT2D eigenvalue weighted by Gasteiger charge is 2.09. The first kappa shape index (κ1) is 13.8. The van der Waals surface area contributed by atoms with Crippen molar-refractivity contribution in [3.05, 3.63) is 39.8 Å². The minimum Gasteiger partial charge on any atom is -0.493 e. The molecule has 1 aromatic heterocycles. The quantitative estimate of drug-likeness (QED) is 0.913. The number of thiazole rings is 1. The average molecular weight is 278 g/mol. The largest absolute Gasteiger partial charge is 0.493 e. The Morgan fingerprint density at radius 3 is 2.74 bits per heavy atom. The number of nitrogens with two attached hydrogens (primary N) is 1. The predicted octanol–water partition coefficient (Wildman–Crippen LogP) is 3.06. The molecule has 1 atom stereocenters. The van der Waals surface area contributed by atoms with E-state index in [1.165, 1.54) is 0 Å². The van der Waals surface area contributed by atoms with Gasteiger partial charge in [0, 0.05) is 12.2 Å². The normalized spacial score (nSPS) is 12.2. The lowest BCUT2D eigenvalue weighted by atomic mass is 10.1. The fourth-order valence-electron chi connectivity index (χ4n) is 1.71. The molecule has 0 fully saturated rings. The Hall–Kier alpha value is -1.59. The summed E-state index contributed by atoms with van der Waals surface area (Å²) < 4.78 is 11.1. The zero-order valence-corrected chi connectivity index (χ0v) is 12.2. The van der Waals surface area contributed by atoms with E-state index in [-0.39, 0.29) is 6.04 Å². The first-order chi connectivity index (χ1) is 9.10. The zero-order chi connectivity index (χ0) is 13.8. The minimum atomic E-state index is -0.0212. The smallest absolute Gasteiger partial charge is 0.161 e. The summed E-state index contributed by atoms with van der Waals surface area (Å²) in [5, 5.41) is 1.04. The van der Waals surface area contributed by atoms with E-state index in [2.05, 4.69) is 4.98 Å². The molecule has 2 rings (SSSR count). The Kier molecular flexibility index (Phi) is 4.39. The van der Waals surface area contributed by atoms with Gasteiger partial charge < -0.3 is 15.2 Å². The number of aromatic nitrogens is 1. The molecule has 0 bridgehead atoms. The SMILES string of the molecule is COc1cc([C@H](C)N)ccc1OCc1cnc(C)s1. The molecule has 0 aliphatic rings. The van der Waals surface area contributed by atoms with Crippen LogP contribution in [0.4, 0.5) is 0 Å². The summed E-state index contributed by atoms with van der Waals surface area (Å²) in [4.78, 5) is 5.29. The molecule has 0 spiro atoms. The second-order valence-electron chi connectivity index (χ2n) is 4.33. The van der Waals surface area contributed by atoms with Crippen molar-refractivity contribution in [3.8, 4) is 11.5 Å². The van der Waals surface area contributed by atoms with Crippen molar-refractivity contribution in [2.24, 2.45) is 5.73 Å². The van der Waals surface area contributed by atoms with Crippen molar-refractivity contribution < 1.29 is 9.47 Å². The van der Waals surface area contributed by atoms with Crippen molar-refractivity contribution in [1.29, 1.82) is 0 Å². The van der Waals surface area contributed by atoms with Gasteiger partial charge in [-0.3, -0.25) is 0 Å². The van der Waals surface area contributed by atoms with E-state index in [0.29, 0.717) is 12.4 Å². The minimum absolute atomic E-state index is 0.0212. The third-order valence-electron chi connectivity index (χ3n) is 2.75. The van der Waals surface area contributed by atoms with Crippen LogP contribution in [0.2, 0.25) is 0 Å². The number of benzene rings is 1. The summed E-state index contributed by atoms with van der Waals surface area (Å²) in [5.41, 5.74) is 6.88. The third-order valence-corrected chi connectivity index (χ3v) is 3.64. The highest BCUT2D eigenvalue weighted by Crippen LogP contribution is 2.30. The Morgan fingerprint density at radius 2 is 2.16 bits per heavy atom. The fourth-order valence-corrected chi connectivity index (χ4v) is 2.42. The van der Waals surface area contributed by atoms with E-state index < -0.39 is 0 Å². The molecule has 4 nitrogen and oxygen atoms in total. The Bertz CT molecular complexity index is 552. The van der Waals surface area contributed by atoms with Crippen molar-refractivity contribution in [1.82, 2.24) is 4.98 Å². The van der Waals surface area contributed by atoms with E-state index in [1.807, 2.05) is 38.2 Å². The number of nitrogens with zero attached hydrogens (tertiary/aromatic N) is 1. The molecule has 102 valence electrons. The van der Waals surface area contributed by atoms with Crippen LogP contribution in [0.15, 0.2) is 24.4 Å². The van der Waals surface area contributed by atoms with Crippen LogP contribution in [-0.4, -0.2) is 12.1 Å². The van der Waals surface area contributed by atoms with Gasteiger partial charge in [0.15, 0.2) is 11.5 Å². The van der Waals surface area contributed by atoms with Gasteiger partial charge >= 0.3 is 0 Å². The van der Waals surface area contributed by atoms with Gasteiger partial charge in [-0.15, -0.1) is 11.3 Å². The van der Waals surface area contributed by atoms with Crippen molar-refractivity contribution in [2.45, 2.75) is 26.5 Å². The predicted molar refractivity (Wildman–Crippen MR) is 76.8 cm³/mol. The van der Waals surface area contributed by atoms with Gasteiger partial charge in [0.1, 0.15) is 6.61 Å². The summed E-state index contributed by atoms with van der Waals surface area (Å²) in [5.74, 6) is 1.42. The Balaban J connectivity index is 2.11. The van der Waals surface area contributed by atoms with E-state index in [4.69, 9.17) is 15.2 Å². The van der Waals surface area contributed by atoms with Gasteiger partial charge in [-0.05, 0) is 31.5 Å². The van der Waals surface area contributed by atoms with Gasteiger partial charge in [0.2, 0.25) is 0 Å². The maximum absolute atomic E-state index is 5.85. The van der Waals surface area contributed by atoms with E-state index in [9.17, 15) is 0 Å². The molecule has 5 heteroatoms. The summed E-state index contributed by atoms with van der Waals surface area (Å²) in [6, 6.07) is 5.75. The lowest BCUT2D eigenvalue weighted by Gasteiger charge is -2.13. The lowest BCUT2D eigenvalue weighted by molar-refractivity contribution is 0.287. The van der Waals surface area contributed by atoms with Crippen LogP contribution < -0.4 is 15.2 Å². The molecule has 0 aliphatic heterocycles. The Morgan fingerprint density at radius 1 is 1.37 bits per heavy atom. The van der Waals surface area contributed by atoms with Crippen LogP contribution in [0.5, 0.6) is 11.5 Å². The van der Waals surface area contributed by atoms with E-state index >= 15 is 0 Å². The van der Waals surface area contributed by atoms with Crippen molar-refractivity contribution >= 4 is 11.3 Å². The summed E-state index contributed by atoms with van der Waals surface area (Å²) in [6.07, 6.45) is 1.84. The second kappa shape index (κ2) is 6.04. The van der Waals surface area contributed by atoms with Crippen molar-refractivity contribution in [2.75, 3.05) is 7.11 Å². The molecule has 2 N–H and O–H groups in total. The number of hydrogen-bond donors (Lipinski definition) is 1. The van der Waals surface area contributed by atoms with Gasteiger partial charge in [0.25, 0.3) is 0 Å². The second-order valence-corrected chi connectivity index (χ2v) is 5.65. The van der Waals surface area contributed by atoms with Crippen LogP contribution in [0.1, 0.15) is 28.4 Å². The first-order valence-corrected chi connectivity index (χ1v) is 6.89. The third kappa shape index (κ3) is 3.45. The summed E-state index contributed by atoms with van der Waals surface area (Å²) >= 11 is 1.63. The number of rotatable bonds is 5. The van der Waals surface area contributed by atoms with Crippen LogP contribution in [0.25, 0.3) is 0 Å². The van der Waals surface area contributed by atoms with Gasteiger partial charge in [-0.25, -0.2) is 4.98 Å². The zero-order valence-electron chi connectivity index (χ0n) is 11.3. The number of aryl methyl sites for hydroxylation is 1. The molecular formula is C14H18N2O2S.